The van der Waals surface area contributed by atoms with Gasteiger partial charge in [0.05, 0.1) is 0 Å². The van der Waals surface area contributed by atoms with Crippen molar-refractivity contribution in [3.63, 3.8) is 0 Å². The van der Waals surface area contributed by atoms with E-state index in [-0.39, 0.29) is 24.0 Å². The minimum atomic E-state index is 0. The summed E-state index contributed by atoms with van der Waals surface area (Å²) in [6.07, 6.45) is 5.97. The first kappa shape index (κ1) is 19.7. The molecular weight excluding hydrogens is 363 g/mol. The fourth-order valence-corrected chi connectivity index (χ4v) is 2.40. The summed E-state index contributed by atoms with van der Waals surface area (Å²) < 4.78 is 0. The van der Waals surface area contributed by atoms with Crippen molar-refractivity contribution in [1.82, 2.24) is 15.5 Å². The highest BCUT2D eigenvalue weighted by Gasteiger charge is 2.13. The quantitative estimate of drug-likeness (QED) is 0.302. The highest BCUT2D eigenvalue weighted by Crippen LogP contribution is 2.10. The summed E-state index contributed by atoms with van der Waals surface area (Å²) in [5.74, 6) is 1.50. The Labute approximate surface area is 141 Å². The molecule has 0 bridgehead atoms. The van der Waals surface area contributed by atoms with Crippen LogP contribution in [-0.2, 0) is 0 Å². The van der Waals surface area contributed by atoms with Gasteiger partial charge in [-0.25, -0.2) is 0 Å². The van der Waals surface area contributed by atoms with Gasteiger partial charge in [-0.3, -0.25) is 4.99 Å². The number of halogens is 1. The minimum absolute atomic E-state index is 0. The maximum Gasteiger partial charge on any atom is 0.191 e. The van der Waals surface area contributed by atoms with E-state index in [9.17, 15) is 0 Å². The second-order valence-electron chi connectivity index (χ2n) is 5.36. The number of rotatable bonds is 7. The molecule has 1 aliphatic heterocycles. The van der Waals surface area contributed by atoms with Crippen molar-refractivity contribution < 1.29 is 0 Å². The largest absolute Gasteiger partial charge is 0.357 e. The van der Waals surface area contributed by atoms with Crippen molar-refractivity contribution in [2.75, 3.05) is 39.3 Å². The summed E-state index contributed by atoms with van der Waals surface area (Å²) in [5, 5.41) is 6.49. The fraction of sp³-hybridized carbons (Fsp3) is 0.800. The van der Waals surface area contributed by atoms with Crippen LogP contribution in [0.3, 0.4) is 0 Å². The zero-order chi connectivity index (χ0) is 13.9. The van der Waals surface area contributed by atoms with Gasteiger partial charge >= 0.3 is 0 Å². The average molecular weight is 394 g/mol. The van der Waals surface area contributed by atoms with Gasteiger partial charge in [-0.1, -0.05) is 19.4 Å². The van der Waals surface area contributed by atoms with Gasteiger partial charge in [-0.05, 0) is 38.8 Å². The summed E-state index contributed by atoms with van der Waals surface area (Å²) in [6, 6.07) is 0. The Morgan fingerprint density at radius 1 is 1.30 bits per heavy atom. The monoisotopic (exact) mass is 394 g/mol. The number of nitrogens with zero attached hydrogens (tertiary/aromatic N) is 2. The Bertz CT molecular complexity index is 275. The molecule has 2 N–H and O–H groups in total. The molecule has 1 rings (SSSR count). The van der Waals surface area contributed by atoms with Crippen molar-refractivity contribution in [3.8, 4) is 0 Å². The van der Waals surface area contributed by atoms with Gasteiger partial charge in [0.15, 0.2) is 5.96 Å². The first-order chi connectivity index (χ1) is 9.26. The summed E-state index contributed by atoms with van der Waals surface area (Å²) >= 11 is 0. The number of hydrogen-bond donors (Lipinski definition) is 2. The van der Waals surface area contributed by atoms with E-state index in [1.54, 1.807) is 0 Å². The summed E-state index contributed by atoms with van der Waals surface area (Å²) in [4.78, 5) is 7.21. The lowest BCUT2D eigenvalue weighted by Gasteiger charge is -2.28. The van der Waals surface area contributed by atoms with Crippen LogP contribution >= 0.6 is 24.0 Å². The topological polar surface area (TPSA) is 39.7 Å². The average Bonchev–Trinajstić information content (AvgIpc) is 2.43. The van der Waals surface area contributed by atoms with Crippen LogP contribution in [0.2, 0.25) is 0 Å². The van der Waals surface area contributed by atoms with Gasteiger partial charge in [0.1, 0.15) is 0 Å². The maximum absolute atomic E-state index is 4.64. The SMILES string of the molecule is C=CCNC(=NCC(C)CN1CCCCC1)NCC.I. The second kappa shape index (κ2) is 12.4. The van der Waals surface area contributed by atoms with Crippen LogP contribution in [0.15, 0.2) is 17.6 Å². The molecule has 20 heavy (non-hydrogen) atoms. The zero-order valence-corrected chi connectivity index (χ0v) is 15.4. The highest BCUT2D eigenvalue weighted by atomic mass is 127. The van der Waals surface area contributed by atoms with E-state index in [0.29, 0.717) is 5.92 Å². The van der Waals surface area contributed by atoms with Gasteiger partial charge in [0.2, 0.25) is 0 Å². The minimum Gasteiger partial charge on any atom is -0.357 e. The highest BCUT2D eigenvalue weighted by molar-refractivity contribution is 14.0. The first-order valence-corrected chi connectivity index (χ1v) is 7.61. The van der Waals surface area contributed by atoms with Crippen LogP contribution in [0.25, 0.3) is 0 Å². The molecule has 1 aliphatic rings. The van der Waals surface area contributed by atoms with Crippen LogP contribution in [0.1, 0.15) is 33.1 Å². The number of aliphatic imine (C=N–C) groups is 1. The van der Waals surface area contributed by atoms with E-state index >= 15 is 0 Å². The molecule has 0 aliphatic carbocycles. The predicted octanol–water partition coefficient (Wildman–Crippen LogP) is 2.47. The Morgan fingerprint density at radius 2 is 2.00 bits per heavy atom. The summed E-state index contributed by atoms with van der Waals surface area (Å²) in [7, 11) is 0. The number of hydrogen-bond acceptors (Lipinski definition) is 2. The Morgan fingerprint density at radius 3 is 2.60 bits per heavy atom. The number of piperidine rings is 1. The third kappa shape index (κ3) is 8.79. The van der Waals surface area contributed by atoms with Crippen LogP contribution in [-0.4, -0.2) is 50.1 Å². The van der Waals surface area contributed by atoms with Crippen molar-refractivity contribution in [2.24, 2.45) is 10.9 Å². The van der Waals surface area contributed by atoms with E-state index in [1.807, 2.05) is 6.08 Å². The molecule has 0 amide bonds. The van der Waals surface area contributed by atoms with Crippen molar-refractivity contribution in [1.29, 1.82) is 0 Å². The van der Waals surface area contributed by atoms with E-state index in [2.05, 4.69) is 41.0 Å². The lowest BCUT2D eigenvalue weighted by molar-refractivity contribution is 0.203. The number of likely N-dealkylation sites (tertiary alicyclic amines) is 1. The molecule has 0 aromatic heterocycles. The third-order valence-corrected chi connectivity index (χ3v) is 3.34. The van der Waals surface area contributed by atoms with Gasteiger partial charge < -0.3 is 15.5 Å². The van der Waals surface area contributed by atoms with Crippen LogP contribution < -0.4 is 10.6 Å². The smallest absolute Gasteiger partial charge is 0.191 e. The van der Waals surface area contributed by atoms with Gasteiger partial charge in [-0.2, -0.15) is 0 Å². The predicted molar refractivity (Wildman–Crippen MR) is 99.0 cm³/mol. The molecule has 1 heterocycles. The molecule has 0 aromatic carbocycles. The Kier molecular flexibility index (Phi) is 12.3. The molecule has 1 atom stereocenters. The molecule has 4 nitrogen and oxygen atoms in total. The molecule has 0 radical (unpaired) electrons. The first-order valence-electron chi connectivity index (χ1n) is 7.61. The zero-order valence-electron chi connectivity index (χ0n) is 13.0. The normalized spacial score (nSPS) is 18.0. The third-order valence-electron chi connectivity index (χ3n) is 3.34. The van der Waals surface area contributed by atoms with Crippen molar-refractivity contribution in [3.05, 3.63) is 12.7 Å². The Hall–Kier alpha value is -0.300. The summed E-state index contributed by atoms with van der Waals surface area (Å²) in [6.45, 7) is 14.3. The molecule has 1 unspecified atom stereocenters. The van der Waals surface area contributed by atoms with Gasteiger partial charge in [-0.15, -0.1) is 30.6 Å². The van der Waals surface area contributed by atoms with E-state index in [1.165, 1.54) is 38.9 Å². The molecule has 0 saturated carbocycles. The molecule has 118 valence electrons. The molecule has 0 aromatic rings. The van der Waals surface area contributed by atoms with E-state index in [0.717, 1.165) is 25.6 Å². The van der Waals surface area contributed by atoms with Crippen LogP contribution in [0.4, 0.5) is 0 Å². The lowest BCUT2D eigenvalue weighted by Crippen LogP contribution is -2.38. The van der Waals surface area contributed by atoms with E-state index in [4.69, 9.17) is 0 Å². The standard InChI is InChI=1S/C15H30N4.HI/c1-4-9-17-15(16-5-2)18-12-14(3)13-19-10-7-6-8-11-19;/h4,14H,1,5-13H2,2-3H3,(H2,16,17,18);1H. The van der Waals surface area contributed by atoms with Crippen molar-refractivity contribution in [2.45, 2.75) is 33.1 Å². The van der Waals surface area contributed by atoms with Crippen LogP contribution in [0.5, 0.6) is 0 Å². The van der Waals surface area contributed by atoms with Crippen molar-refractivity contribution >= 4 is 29.9 Å². The summed E-state index contributed by atoms with van der Waals surface area (Å²) in [5.41, 5.74) is 0. The molecule has 0 spiro atoms. The molecular formula is C15H31IN4. The van der Waals surface area contributed by atoms with E-state index < -0.39 is 0 Å². The number of guanidine groups is 1. The van der Waals surface area contributed by atoms with Gasteiger partial charge in [0.25, 0.3) is 0 Å². The van der Waals surface area contributed by atoms with Crippen LogP contribution in [0, 0.1) is 5.92 Å². The molecule has 1 saturated heterocycles. The molecule has 1 fully saturated rings. The second-order valence-corrected chi connectivity index (χ2v) is 5.36. The molecule has 5 heteroatoms. The fourth-order valence-electron chi connectivity index (χ4n) is 2.40. The maximum atomic E-state index is 4.64. The van der Waals surface area contributed by atoms with Gasteiger partial charge in [0, 0.05) is 26.2 Å². The Balaban J connectivity index is 0.00000361. The lowest BCUT2D eigenvalue weighted by atomic mass is 10.1. The number of nitrogens with one attached hydrogen (secondary N) is 2.